The van der Waals surface area contributed by atoms with Crippen LogP contribution in [-0.2, 0) is 10.4 Å². The van der Waals surface area contributed by atoms with E-state index in [2.05, 4.69) is 41.5 Å². The van der Waals surface area contributed by atoms with Crippen molar-refractivity contribution in [3.63, 3.8) is 0 Å². The lowest BCUT2D eigenvalue weighted by molar-refractivity contribution is 0.0686. The predicted octanol–water partition coefficient (Wildman–Crippen LogP) is 6.20. The Hall–Kier alpha value is -3.60. The molecule has 0 fully saturated rings. The maximum Gasteiger partial charge on any atom is 0.185 e. The lowest BCUT2D eigenvalue weighted by atomic mass is 9.79. The summed E-state index contributed by atoms with van der Waals surface area (Å²) in [5.41, 5.74) is 10.7. The van der Waals surface area contributed by atoms with Crippen LogP contribution in [-0.4, -0.2) is 13.2 Å². The van der Waals surface area contributed by atoms with Crippen LogP contribution in [0.5, 0.6) is 0 Å². The largest absolute Gasteiger partial charge is 0.373 e. The van der Waals surface area contributed by atoms with Crippen LogP contribution in [0.1, 0.15) is 16.7 Å². The van der Waals surface area contributed by atoms with Gasteiger partial charge in [-0.3, -0.25) is 5.73 Å². The van der Waals surface area contributed by atoms with Gasteiger partial charge in [0.25, 0.3) is 0 Å². The van der Waals surface area contributed by atoms with E-state index in [1.165, 1.54) is 0 Å². The molecule has 1 aliphatic carbocycles. The molecular formula is C27H23N3O. The van der Waals surface area contributed by atoms with E-state index in [4.69, 9.17) is 15.6 Å². The monoisotopic (exact) mass is 405 g/mol. The lowest BCUT2D eigenvalue weighted by Crippen LogP contribution is -2.48. The zero-order chi connectivity index (χ0) is 21.3. The van der Waals surface area contributed by atoms with E-state index in [1.807, 2.05) is 66.7 Å². The summed E-state index contributed by atoms with van der Waals surface area (Å²) < 4.78 is 5.84. The van der Waals surface area contributed by atoms with Gasteiger partial charge in [0.15, 0.2) is 5.66 Å². The number of rotatable bonds is 4. The van der Waals surface area contributed by atoms with E-state index in [9.17, 15) is 0 Å². The molecule has 0 radical (unpaired) electrons. The van der Waals surface area contributed by atoms with Crippen LogP contribution in [0.15, 0.2) is 113 Å². The molecule has 4 heteroatoms. The van der Waals surface area contributed by atoms with Crippen LogP contribution >= 0.6 is 0 Å². The minimum atomic E-state index is -1.14. The number of nitrogens with zero attached hydrogens (tertiary/aromatic N) is 2. The van der Waals surface area contributed by atoms with Gasteiger partial charge in [-0.15, -0.1) is 0 Å². The number of benzene rings is 4. The van der Waals surface area contributed by atoms with Crippen molar-refractivity contribution in [3.8, 4) is 0 Å². The second-order valence-electron chi connectivity index (χ2n) is 7.67. The Morgan fingerprint density at radius 3 is 2.35 bits per heavy atom. The van der Waals surface area contributed by atoms with Crippen molar-refractivity contribution in [3.05, 3.63) is 120 Å². The van der Waals surface area contributed by atoms with Gasteiger partial charge >= 0.3 is 0 Å². The van der Waals surface area contributed by atoms with E-state index in [0.29, 0.717) is 0 Å². The third kappa shape index (κ3) is 3.36. The van der Waals surface area contributed by atoms with Crippen molar-refractivity contribution in [1.29, 1.82) is 0 Å². The molecule has 5 rings (SSSR count). The molecule has 31 heavy (non-hydrogen) atoms. The summed E-state index contributed by atoms with van der Waals surface area (Å²) in [6.07, 6.45) is 1.59. The summed E-state index contributed by atoms with van der Waals surface area (Å²) in [4.78, 5) is 0. The molecule has 4 aromatic rings. The molecule has 4 aromatic carbocycles. The number of hydrogen-bond acceptors (Lipinski definition) is 4. The molecule has 0 aromatic heterocycles. The van der Waals surface area contributed by atoms with E-state index < -0.39 is 11.8 Å². The SMILES string of the molecule is COC1C=C(c2ccccc2)c2ccccc2C1(N)N=Nc1cccc2ccccc12. The molecule has 0 saturated carbocycles. The highest BCUT2D eigenvalue weighted by atomic mass is 16.5. The quantitative estimate of drug-likeness (QED) is 0.411. The molecule has 2 atom stereocenters. The Labute approximate surface area is 181 Å². The first-order valence-corrected chi connectivity index (χ1v) is 10.3. The van der Waals surface area contributed by atoms with Crippen LogP contribution < -0.4 is 5.73 Å². The minimum Gasteiger partial charge on any atom is -0.373 e. The average molecular weight is 406 g/mol. The van der Waals surface area contributed by atoms with Crippen molar-refractivity contribution < 1.29 is 4.74 Å². The van der Waals surface area contributed by atoms with Gasteiger partial charge in [-0.2, -0.15) is 10.2 Å². The van der Waals surface area contributed by atoms with E-state index in [-0.39, 0.29) is 0 Å². The Bertz CT molecular complexity index is 1290. The molecule has 2 unspecified atom stereocenters. The fourth-order valence-electron chi connectivity index (χ4n) is 4.25. The summed E-state index contributed by atoms with van der Waals surface area (Å²) >= 11 is 0. The number of nitrogens with two attached hydrogens (primary N) is 1. The number of methoxy groups -OCH3 is 1. The van der Waals surface area contributed by atoms with Crippen molar-refractivity contribution in [2.45, 2.75) is 11.8 Å². The maximum atomic E-state index is 6.93. The third-order valence-corrected chi connectivity index (χ3v) is 5.83. The second kappa shape index (κ2) is 7.91. The van der Waals surface area contributed by atoms with Gasteiger partial charge in [0.1, 0.15) is 6.10 Å². The fourth-order valence-corrected chi connectivity index (χ4v) is 4.25. The first-order chi connectivity index (χ1) is 15.2. The molecule has 0 amide bonds. The molecule has 1 aliphatic rings. The number of fused-ring (bicyclic) bond motifs is 2. The van der Waals surface area contributed by atoms with E-state index >= 15 is 0 Å². The molecular weight excluding hydrogens is 382 g/mol. The van der Waals surface area contributed by atoms with Crippen LogP contribution in [0.25, 0.3) is 16.3 Å². The van der Waals surface area contributed by atoms with Gasteiger partial charge in [0, 0.05) is 18.1 Å². The van der Waals surface area contributed by atoms with E-state index in [1.54, 1.807) is 7.11 Å². The van der Waals surface area contributed by atoms with Gasteiger partial charge in [-0.05, 0) is 34.2 Å². The molecule has 0 saturated heterocycles. The molecule has 0 spiro atoms. The highest BCUT2D eigenvalue weighted by Gasteiger charge is 2.42. The van der Waals surface area contributed by atoms with Crippen LogP contribution in [0.2, 0.25) is 0 Å². The normalized spacial score (nSPS) is 20.6. The predicted molar refractivity (Wildman–Crippen MR) is 125 cm³/mol. The Balaban J connectivity index is 1.64. The number of ether oxygens (including phenoxy) is 1. The van der Waals surface area contributed by atoms with Gasteiger partial charge in [0.05, 0.1) is 5.69 Å². The minimum absolute atomic E-state index is 0.462. The van der Waals surface area contributed by atoms with Crippen molar-refractivity contribution >= 4 is 22.0 Å². The van der Waals surface area contributed by atoms with Crippen molar-refractivity contribution in [1.82, 2.24) is 0 Å². The molecule has 0 bridgehead atoms. The van der Waals surface area contributed by atoms with Crippen LogP contribution in [0.3, 0.4) is 0 Å². The number of hydrogen-bond donors (Lipinski definition) is 1. The average Bonchev–Trinajstić information content (AvgIpc) is 2.84. The summed E-state index contributed by atoms with van der Waals surface area (Å²) in [6, 6.07) is 32.5. The Kier molecular flexibility index (Phi) is 4.94. The van der Waals surface area contributed by atoms with Gasteiger partial charge in [-0.25, -0.2) is 0 Å². The molecule has 152 valence electrons. The highest BCUT2D eigenvalue weighted by Crippen LogP contribution is 2.41. The molecule has 0 heterocycles. The van der Waals surface area contributed by atoms with Crippen molar-refractivity contribution in [2.24, 2.45) is 16.0 Å². The Morgan fingerprint density at radius 1 is 0.806 bits per heavy atom. The van der Waals surface area contributed by atoms with E-state index in [0.717, 1.165) is 38.7 Å². The van der Waals surface area contributed by atoms with Gasteiger partial charge in [-0.1, -0.05) is 91.0 Å². The fraction of sp³-hybridized carbons (Fsp3) is 0.111. The smallest absolute Gasteiger partial charge is 0.185 e. The summed E-state index contributed by atoms with van der Waals surface area (Å²) in [5.74, 6) is 0. The summed E-state index contributed by atoms with van der Waals surface area (Å²) in [5, 5.41) is 11.5. The summed E-state index contributed by atoms with van der Waals surface area (Å²) in [7, 11) is 1.66. The number of azo groups is 1. The van der Waals surface area contributed by atoms with Crippen LogP contribution in [0, 0.1) is 0 Å². The first kappa shape index (κ1) is 19.4. The summed E-state index contributed by atoms with van der Waals surface area (Å²) in [6.45, 7) is 0. The maximum absolute atomic E-state index is 6.93. The lowest BCUT2D eigenvalue weighted by Gasteiger charge is -2.36. The molecule has 0 aliphatic heterocycles. The molecule has 4 nitrogen and oxygen atoms in total. The second-order valence-corrected chi connectivity index (χ2v) is 7.67. The standard InChI is InChI=1S/C27H23N3O/c1-31-26-18-23(20-10-3-2-4-11-20)22-15-7-8-16-24(22)27(26,28)30-29-25-17-9-13-19-12-5-6-14-21(19)25/h2-18,26H,28H2,1H3. The van der Waals surface area contributed by atoms with Crippen LogP contribution in [0.4, 0.5) is 5.69 Å². The topological polar surface area (TPSA) is 60.0 Å². The van der Waals surface area contributed by atoms with Gasteiger partial charge < -0.3 is 4.74 Å². The van der Waals surface area contributed by atoms with Crippen molar-refractivity contribution in [2.75, 3.05) is 7.11 Å². The van der Waals surface area contributed by atoms with Gasteiger partial charge in [0.2, 0.25) is 0 Å². The third-order valence-electron chi connectivity index (χ3n) is 5.83. The highest BCUT2D eigenvalue weighted by molar-refractivity contribution is 5.92. The molecule has 2 N–H and O–H groups in total. The first-order valence-electron chi connectivity index (χ1n) is 10.3. The zero-order valence-electron chi connectivity index (χ0n) is 17.3. The Morgan fingerprint density at radius 2 is 1.52 bits per heavy atom. The zero-order valence-corrected chi connectivity index (χ0v) is 17.3.